The number of anilines is 1. The van der Waals surface area contributed by atoms with Gasteiger partial charge in [-0.1, -0.05) is 12.1 Å². The number of thiocarbonyl (C=S) groups is 1. The van der Waals surface area contributed by atoms with Gasteiger partial charge >= 0.3 is 0 Å². The van der Waals surface area contributed by atoms with Crippen LogP contribution in [0.4, 0.5) is 5.13 Å². The van der Waals surface area contributed by atoms with E-state index in [1.54, 1.807) is 20.3 Å². The first kappa shape index (κ1) is 21.5. The summed E-state index contributed by atoms with van der Waals surface area (Å²) in [6.45, 7) is 1.82. The molecule has 3 rings (SSSR count). The molecule has 1 aromatic heterocycles. The van der Waals surface area contributed by atoms with Crippen LogP contribution in [0.2, 0.25) is 0 Å². The highest BCUT2D eigenvalue weighted by molar-refractivity contribution is 7.80. The van der Waals surface area contributed by atoms with Crippen LogP contribution in [0.3, 0.4) is 0 Å². The summed E-state index contributed by atoms with van der Waals surface area (Å²) in [5.41, 5.74) is 2.68. The van der Waals surface area contributed by atoms with Crippen LogP contribution in [-0.2, 0) is 4.79 Å². The van der Waals surface area contributed by atoms with Crippen LogP contribution in [-0.4, -0.2) is 36.8 Å². The zero-order valence-corrected chi connectivity index (χ0v) is 18.4. The molecule has 0 aliphatic rings. The van der Waals surface area contributed by atoms with Gasteiger partial charge in [0.25, 0.3) is 5.91 Å². The molecule has 1 amide bonds. The van der Waals surface area contributed by atoms with E-state index in [9.17, 15) is 4.79 Å². The largest absolute Gasteiger partial charge is 0.493 e. The van der Waals surface area contributed by atoms with Crippen molar-refractivity contribution in [2.24, 2.45) is 0 Å². The molecule has 0 fully saturated rings. The summed E-state index contributed by atoms with van der Waals surface area (Å²) < 4.78 is 16.1. The molecule has 1 heterocycles. The zero-order valence-electron chi connectivity index (χ0n) is 16.7. The van der Waals surface area contributed by atoms with Crippen molar-refractivity contribution in [3.8, 4) is 28.5 Å². The first-order valence-corrected chi connectivity index (χ1v) is 10.3. The average Bonchev–Trinajstić information content (AvgIpc) is 3.20. The molecule has 30 heavy (non-hydrogen) atoms. The lowest BCUT2D eigenvalue weighted by molar-refractivity contribution is -0.121. The van der Waals surface area contributed by atoms with Crippen molar-refractivity contribution in [2.75, 3.05) is 26.1 Å². The summed E-state index contributed by atoms with van der Waals surface area (Å²) in [7, 11) is 3.17. The number of amides is 1. The Morgan fingerprint density at radius 3 is 2.67 bits per heavy atom. The van der Waals surface area contributed by atoms with Gasteiger partial charge in [-0.05, 0) is 55.0 Å². The third-order valence-electron chi connectivity index (χ3n) is 4.02. The van der Waals surface area contributed by atoms with Gasteiger partial charge in [0, 0.05) is 10.9 Å². The molecule has 0 saturated heterocycles. The van der Waals surface area contributed by atoms with E-state index in [4.69, 9.17) is 26.4 Å². The van der Waals surface area contributed by atoms with Gasteiger partial charge in [0.1, 0.15) is 5.75 Å². The van der Waals surface area contributed by atoms with E-state index in [1.807, 2.05) is 48.7 Å². The summed E-state index contributed by atoms with van der Waals surface area (Å²) in [5, 5.41) is 8.10. The molecule has 156 valence electrons. The van der Waals surface area contributed by atoms with Crippen LogP contribution in [0.15, 0.2) is 47.8 Å². The van der Waals surface area contributed by atoms with Gasteiger partial charge in [0.2, 0.25) is 0 Å². The number of ether oxygens (including phenoxy) is 3. The van der Waals surface area contributed by atoms with Crippen molar-refractivity contribution >= 4 is 39.7 Å². The number of nitrogens with one attached hydrogen (secondary N) is 2. The predicted octanol–water partition coefficient (Wildman–Crippen LogP) is 4.03. The van der Waals surface area contributed by atoms with Crippen molar-refractivity contribution in [1.29, 1.82) is 0 Å². The van der Waals surface area contributed by atoms with E-state index in [2.05, 4.69) is 15.6 Å². The number of carbonyl (C=O) groups is 1. The van der Waals surface area contributed by atoms with Crippen LogP contribution >= 0.6 is 23.6 Å². The van der Waals surface area contributed by atoms with Crippen molar-refractivity contribution in [1.82, 2.24) is 10.3 Å². The Morgan fingerprint density at radius 2 is 1.93 bits per heavy atom. The van der Waals surface area contributed by atoms with Crippen LogP contribution in [0.1, 0.15) is 5.56 Å². The molecule has 2 N–H and O–H groups in total. The lowest BCUT2D eigenvalue weighted by Gasteiger charge is -2.09. The highest BCUT2D eigenvalue weighted by atomic mass is 32.1. The van der Waals surface area contributed by atoms with Crippen molar-refractivity contribution in [2.45, 2.75) is 6.92 Å². The molecule has 3 aromatic rings. The minimum atomic E-state index is -0.356. The third kappa shape index (κ3) is 5.68. The van der Waals surface area contributed by atoms with Gasteiger partial charge in [0.15, 0.2) is 28.3 Å². The molecule has 0 aliphatic carbocycles. The number of thiazole rings is 1. The average molecular weight is 444 g/mol. The number of aryl methyl sites for hydroxylation is 1. The molecule has 0 saturated carbocycles. The highest BCUT2D eigenvalue weighted by Gasteiger charge is 2.11. The second kappa shape index (κ2) is 10.0. The van der Waals surface area contributed by atoms with E-state index >= 15 is 0 Å². The summed E-state index contributed by atoms with van der Waals surface area (Å²) >= 11 is 6.56. The number of hydrogen-bond acceptors (Lipinski definition) is 7. The maximum absolute atomic E-state index is 12.1. The Hall–Kier alpha value is -3.17. The monoisotopic (exact) mass is 443 g/mol. The van der Waals surface area contributed by atoms with Gasteiger partial charge in [-0.15, -0.1) is 11.3 Å². The fourth-order valence-corrected chi connectivity index (χ4v) is 3.60. The topological polar surface area (TPSA) is 81.7 Å². The molecule has 0 unspecified atom stereocenters. The third-order valence-corrected chi connectivity index (χ3v) is 4.98. The van der Waals surface area contributed by atoms with Gasteiger partial charge in [-0.25, -0.2) is 4.98 Å². The fourth-order valence-electron chi connectivity index (χ4n) is 2.60. The fraction of sp³-hybridized carbons (Fsp3) is 0.190. The summed E-state index contributed by atoms with van der Waals surface area (Å²) in [5.74, 6) is 1.54. The van der Waals surface area contributed by atoms with Crippen LogP contribution < -0.4 is 24.8 Å². The summed E-state index contributed by atoms with van der Waals surface area (Å²) in [4.78, 5) is 16.6. The van der Waals surface area contributed by atoms with E-state index in [0.29, 0.717) is 22.4 Å². The normalized spacial score (nSPS) is 10.2. The number of hydrogen-bond donors (Lipinski definition) is 2. The van der Waals surface area contributed by atoms with Gasteiger partial charge in [0.05, 0.1) is 19.9 Å². The second-order valence-corrected chi connectivity index (χ2v) is 7.48. The zero-order chi connectivity index (χ0) is 21.5. The van der Waals surface area contributed by atoms with Gasteiger partial charge < -0.3 is 19.5 Å². The minimum Gasteiger partial charge on any atom is -0.493 e. The smallest absolute Gasteiger partial charge is 0.264 e. The molecule has 2 aromatic carbocycles. The molecule has 7 nitrogen and oxygen atoms in total. The van der Waals surface area contributed by atoms with Crippen LogP contribution in [0.25, 0.3) is 11.3 Å². The van der Waals surface area contributed by atoms with Crippen LogP contribution in [0.5, 0.6) is 17.2 Å². The molecule has 9 heteroatoms. The lowest BCUT2D eigenvalue weighted by atomic mass is 10.1. The standard InChI is InChI=1S/C21H21N3O4S2/c1-13-5-4-6-15(9-13)28-11-19(25)23-20(29)24-21-22-16(12-30-21)14-7-8-17(26-2)18(10-14)27-3/h4-10,12H,11H2,1-3H3,(H2,22,23,24,25,29). The quantitative estimate of drug-likeness (QED) is 0.534. The Morgan fingerprint density at radius 1 is 1.13 bits per heavy atom. The van der Waals surface area contributed by atoms with Crippen molar-refractivity contribution < 1.29 is 19.0 Å². The number of nitrogens with zero attached hydrogens (tertiary/aromatic N) is 1. The minimum absolute atomic E-state index is 0.139. The van der Waals surface area contributed by atoms with E-state index in [1.165, 1.54) is 11.3 Å². The summed E-state index contributed by atoms with van der Waals surface area (Å²) in [6.07, 6.45) is 0. The first-order valence-electron chi connectivity index (χ1n) is 8.96. The SMILES string of the molecule is COc1ccc(-c2csc(NC(=S)NC(=O)COc3cccc(C)c3)n2)cc1OC. The van der Waals surface area contributed by atoms with E-state index in [-0.39, 0.29) is 17.6 Å². The first-order chi connectivity index (χ1) is 14.5. The van der Waals surface area contributed by atoms with Gasteiger partial charge in [-0.2, -0.15) is 0 Å². The molecule has 0 bridgehead atoms. The van der Waals surface area contributed by atoms with E-state index in [0.717, 1.165) is 16.8 Å². The number of aromatic nitrogens is 1. The van der Waals surface area contributed by atoms with Crippen LogP contribution in [0, 0.1) is 6.92 Å². The predicted molar refractivity (Wildman–Crippen MR) is 122 cm³/mol. The molecular weight excluding hydrogens is 422 g/mol. The second-order valence-electron chi connectivity index (χ2n) is 6.22. The number of benzene rings is 2. The Bertz CT molecular complexity index is 1050. The molecule has 0 aliphatic heterocycles. The Balaban J connectivity index is 1.55. The van der Waals surface area contributed by atoms with Crippen molar-refractivity contribution in [3.05, 3.63) is 53.4 Å². The molecule has 0 radical (unpaired) electrons. The Kier molecular flexibility index (Phi) is 7.21. The summed E-state index contributed by atoms with van der Waals surface area (Å²) in [6, 6.07) is 13.0. The van der Waals surface area contributed by atoms with Gasteiger partial charge in [-0.3, -0.25) is 10.1 Å². The lowest BCUT2D eigenvalue weighted by Crippen LogP contribution is -2.37. The number of rotatable bonds is 7. The molecule has 0 atom stereocenters. The number of methoxy groups -OCH3 is 2. The maximum atomic E-state index is 12.1. The molecular formula is C21H21N3O4S2. The highest BCUT2D eigenvalue weighted by Crippen LogP contribution is 2.33. The maximum Gasteiger partial charge on any atom is 0.264 e. The Labute approximate surface area is 184 Å². The van der Waals surface area contributed by atoms with E-state index < -0.39 is 0 Å². The number of carbonyl (C=O) groups excluding carboxylic acids is 1. The van der Waals surface area contributed by atoms with Crippen molar-refractivity contribution in [3.63, 3.8) is 0 Å². The molecule has 0 spiro atoms.